The number of ether oxygens (including phenoxy) is 1. The molecule has 1 N–H and O–H groups in total. The fourth-order valence-electron chi connectivity index (χ4n) is 3.86. The normalized spacial score (nSPS) is 17.3. The Bertz CT molecular complexity index is 1060. The molecule has 0 saturated heterocycles. The van der Waals surface area contributed by atoms with Crippen LogP contribution >= 0.6 is 0 Å². The molecular weight excluding hydrogens is 456 g/mol. The van der Waals surface area contributed by atoms with Crippen molar-refractivity contribution in [1.29, 1.82) is 0 Å². The zero-order valence-electron chi connectivity index (χ0n) is 22.6. The van der Waals surface area contributed by atoms with Gasteiger partial charge in [-0.05, 0) is 72.9 Å². The van der Waals surface area contributed by atoms with Crippen LogP contribution in [-0.4, -0.2) is 33.8 Å². The van der Waals surface area contributed by atoms with Gasteiger partial charge in [0.2, 0.25) is 8.32 Å². The number of fused-ring (bicyclic) bond motifs is 1. The number of ketones is 1. The van der Waals surface area contributed by atoms with Crippen LogP contribution in [0.4, 0.5) is 0 Å². The third kappa shape index (κ3) is 5.19. The summed E-state index contributed by atoms with van der Waals surface area (Å²) in [5.41, 5.74) is 3.69. The van der Waals surface area contributed by atoms with Crippen molar-refractivity contribution in [3.63, 3.8) is 0 Å². The van der Waals surface area contributed by atoms with Gasteiger partial charge in [0.15, 0.2) is 14.1 Å². The molecule has 1 atom stereocenters. The molecule has 2 aromatic rings. The predicted octanol–water partition coefficient (Wildman–Crippen LogP) is 7.26. The highest BCUT2D eigenvalue weighted by Gasteiger charge is 2.40. The number of hydrogen-bond acceptors (Lipinski definition) is 4. The van der Waals surface area contributed by atoms with Crippen LogP contribution in [0.5, 0.6) is 11.5 Å². The Morgan fingerprint density at radius 2 is 1.59 bits per heavy atom. The number of rotatable bonds is 6. The van der Waals surface area contributed by atoms with E-state index in [9.17, 15) is 9.59 Å². The van der Waals surface area contributed by atoms with Crippen molar-refractivity contribution in [2.75, 3.05) is 6.61 Å². The molecule has 0 aromatic heterocycles. The average molecular weight is 499 g/mol. The summed E-state index contributed by atoms with van der Waals surface area (Å²) in [6, 6.07) is 12.0. The van der Waals surface area contributed by atoms with Crippen molar-refractivity contribution in [1.82, 2.24) is 0 Å². The summed E-state index contributed by atoms with van der Waals surface area (Å²) in [6.07, 6.45) is 0.817. The molecule has 34 heavy (non-hydrogen) atoms. The zero-order chi connectivity index (χ0) is 25.7. The molecule has 0 saturated carbocycles. The summed E-state index contributed by atoms with van der Waals surface area (Å²) >= 11 is 0. The maximum absolute atomic E-state index is 13.4. The van der Waals surface area contributed by atoms with Crippen LogP contribution in [0.3, 0.4) is 0 Å². The summed E-state index contributed by atoms with van der Waals surface area (Å²) in [7, 11) is -4.28. The highest BCUT2D eigenvalue weighted by atomic mass is 28.4. The van der Waals surface area contributed by atoms with Gasteiger partial charge in [-0.15, -0.1) is 0 Å². The van der Waals surface area contributed by atoms with Gasteiger partial charge < -0.3 is 14.0 Å². The minimum Gasteiger partial charge on any atom is -0.543 e. The quantitative estimate of drug-likeness (QED) is 0.426. The van der Waals surface area contributed by atoms with Crippen molar-refractivity contribution >= 4 is 22.4 Å². The lowest BCUT2D eigenvalue weighted by Crippen LogP contribution is -2.44. The van der Waals surface area contributed by atoms with Gasteiger partial charge in [0.05, 0.1) is 11.5 Å². The van der Waals surface area contributed by atoms with E-state index in [-0.39, 0.29) is 21.8 Å². The van der Waals surface area contributed by atoms with Crippen LogP contribution in [0.15, 0.2) is 36.4 Å². The second kappa shape index (κ2) is 8.96. The van der Waals surface area contributed by atoms with Crippen LogP contribution in [0.1, 0.15) is 67.6 Å². The van der Waals surface area contributed by atoms with Gasteiger partial charge in [-0.2, -0.15) is 0 Å². The van der Waals surface area contributed by atoms with Crippen LogP contribution in [0.2, 0.25) is 36.3 Å². The summed E-state index contributed by atoms with van der Waals surface area (Å²) in [5, 5.41) is -0.0352. The molecule has 1 heterocycles. The lowest BCUT2D eigenvalue weighted by Gasteiger charge is -2.37. The molecule has 0 bridgehead atoms. The maximum atomic E-state index is 13.4. The van der Waals surface area contributed by atoms with Crippen LogP contribution < -0.4 is 9.16 Å². The first kappa shape index (κ1) is 26.7. The second-order valence-corrected chi connectivity index (χ2v) is 21.7. The molecule has 1 unspecified atom stereocenters. The van der Waals surface area contributed by atoms with Crippen molar-refractivity contribution in [2.24, 2.45) is 0 Å². The van der Waals surface area contributed by atoms with E-state index in [1.165, 1.54) is 5.56 Å². The minimum absolute atomic E-state index is 0.0909. The Hall–Kier alpha value is -1.90. The lowest BCUT2D eigenvalue weighted by atomic mass is 9.87. The molecule has 4 nitrogen and oxygen atoms in total. The SMILES string of the molecule is Cc1c(O[Si](C)(C)C(C)(C)C)ccc2c1OCC(c1ccc(CC(C)(C)[Si](C)(C)O)cc1)C2=O. The number of carbonyl (C=O) groups is 1. The van der Waals surface area contributed by atoms with E-state index in [1.54, 1.807) is 0 Å². The first-order valence-corrected chi connectivity index (χ1v) is 18.1. The van der Waals surface area contributed by atoms with Gasteiger partial charge in [0, 0.05) is 5.56 Å². The van der Waals surface area contributed by atoms with Crippen LogP contribution in [0.25, 0.3) is 0 Å². The maximum Gasteiger partial charge on any atom is 0.250 e. The van der Waals surface area contributed by atoms with E-state index in [4.69, 9.17) is 9.16 Å². The fraction of sp³-hybridized carbons (Fsp3) is 0.536. The third-order valence-electron chi connectivity index (χ3n) is 8.19. The van der Waals surface area contributed by atoms with Gasteiger partial charge in [-0.3, -0.25) is 4.79 Å². The van der Waals surface area contributed by atoms with Gasteiger partial charge in [-0.25, -0.2) is 0 Å². The van der Waals surface area contributed by atoms with E-state index in [0.717, 1.165) is 23.3 Å². The summed E-state index contributed by atoms with van der Waals surface area (Å²) < 4.78 is 12.7. The monoisotopic (exact) mass is 498 g/mol. The standard InChI is InChI=1S/C28H42O4Si2/c1-19-24(32-34(9,10)27(2,3)4)16-15-22-25(29)23(18-31-26(19)22)21-13-11-20(12-14-21)17-28(5,6)33(7,8)30/h11-16,23,30H,17-18H2,1-10H3. The van der Waals surface area contributed by atoms with E-state index >= 15 is 0 Å². The van der Waals surface area contributed by atoms with E-state index < -0.39 is 16.6 Å². The fourth-order valence-corrected chi connectivity index (χ4v) is 5.58. The summed E-state index contributed by atoms with van der Waals surface area (Å²) in [5.74, 6) is 1.26. The highest BCUT2D eigenvalue weighted by Crippen LogP contribution is 2.43. The zero-order valence-corrected chi connectivity index (χ0v) is 24.6. The number of hydrogen-bond donors (Lipinski definition) is 1. The molecule has 1 aliphatic rings. The number of benzene rings is 2. The van der Waals surface area contributed by atoms with Crippen molar-refractivity contribution in [3.8, 4) is 11.5 Å². The van der Waals surface area contributed by atoms with Gasteiger partial charge >= 0.3 is 0 Å². The van der Waals surface area contributed by atoms with Gasteiger partial charge in [0.25, 0.3) is 0 Å². The Morgan fingerprint density at radius 3 is 2.12 bits per heavy atom. The Labute approximate surface area is 208 Å². The van der Waals surface area contributed by atoms with Crippen molar-refractivity contribution < 1.29 is 18.8 Å². The molecule has 0 radical (unpaired) electrons. The van der Waals surface area contributed by atoms with Crippen LogP contribution in [0, 0.1) is 6.92 Å². The molecule has 3 rings (SSSR count). The first-order chi connectivity index (χ1) is 15.4. The molecule has 0 amide bonds. The topological polar surface area (TPSA) is 55.8 Å². The van der Waals surface area contributed by atoms with E-state index in [0.29, 0.717) is 17.9 Å². The molecule has 0 spiro atoms. The highest BCUT2D eigenvalue weighted by molar-refractivity contribution is 6.74. The summed E-state index contributed by atoms with van der Waals surface area (Å²) in [4.78, 5) is 24.0. The van der Waals surface area contributed by atoms with Crippen LogP contribution in [-0.2, 0) is 6.42 Å². The Morgan fingerprint density at radius 1 is 1.00 bits per heavy atom. The molecule has 186 valence electrons. The van der Waals surface area contributed by atoms with Gasteiger partial charge in [-0.1, -0.05) is 58.9 Å². The molecule has 1 aliphatic heterocycles. The summed E-state index contributed by atoms with van der Waals surface area (Å²) in [6.45, 7) is 21.7. The molecular formula is C28H42O4Si2. The number of Topliss-reactive ketones (excluding diaryl/α,β-unsaturated/α-hetero) is 1. The van der Waals surface area contributed by atoms with Gasteiger partial charge in [0.1, 0.15) is 18.1 Å². The predicted molar refractivity (Wildman–Crippen MR) is 145 cm³/mol. The second-order valence-electron chi connectivity index (χ2n) is 12.5. The van der Waals surface area contributed by atoms with E-state index in [1.807, 2.05) is 44.3 Å². The smallest absolute Gasteiger partial charge is 0.250 e. The molecule has 0 aliphatic carbocycles. The molecule has 6 heteroatoms. The average Bonchev–Trinajstić information content (AvgIpc) is 2.69. The molecule has 0 fully saturated rings. The van der Waals surface area contributed by atoms with Crippen molar-refractivity contribution in [2.45, 2.75) is 90.1 Å². The first-order valence-electron chi connectivity index (χ1n) is 12.3. The Kier molecular flexibility index (Phi) is 7.03. The van der Waals surface area contributed by atoms with Crippen molar-refractivity contribution in [3.05, 3.63) is 58.7 Å². The number of carbonyl (C=O) groups excluding carboxylic acids is 1. The molecule has 2 aromatic carbocycles. The minimum atomic E-state index is -2.28. The van der Waals surface area contributed by atoms with E-state index in [2.05, 4.69) is 59.8 Å². The lowest BCUT2D eigenvalue weighted by molar-refractivity contribution is 0.0895. The third-order valence-corrected chi connectivity index (χ3v) is 16.0. The largest absolute Gasteiger partial charge is 0.543 e. The Balaban J connectivity index is 1.82.